The number of nitrogens with one attached hydrogen (secondary N) is 2. The molecular formula is C12H12N2O2. The lowest BCUT2D eigenvalue weighted by molar-refractivity contribution is 0.442. The Morgan fingerprint density at radius 2 is 1.75 bits per heavy atom. The zero-order chi connectivity index (χ0) is 11.1. The third kappa shape index (κ3) is 1.34. The highest BCUT2D eigenvalue weighted by Gasteiger charge is 2.26. The van der Waals surface area contributed by atoms with Crippen molar-refractivity contribution in [2.45, 2.75) is 18.8 Å². The van der Waals surface area contributed by atoms with Gasteiger partial charge in [0, 0.05) is 5.92 Å². The van der Waals surface area contributed by atoms with Crippen molar-refractivity contribution in [1.82, 2.24) is 9.97 Å². The van der Waals surface area contributed by atoms with E-state index in [1.807, 2.05) is 12.1 Å². The van der Waals surface area contributed by atoms with Crippen molar-refractivity contribution in [1.29, 1.82) is 0 Å². The van der Waals surface area contributed by atoms with Crippen molar-refractivity contribution >= 4 is 0 Å². The Balaban J connectivity index is 1.97. The number of rotatable bonds is 1. The summed E-state index contributed by atoms with van der Waals surface area (Å²) >= 11 is 0. The summed E-state index contributed by atoms with van der Waals surface area (Å²) in [6, 6.07) is 8.22. The van der Waals surface area contributed by atoms with E-state index in [4.69, 9.17) is 0 Å². The van der Waals surface area contributed by atoms with E-state index in [-0.39, 0.29) is 17.5 Å². The minimum absolute atomic E-state index is 0.0252. The lowest BCUT2D eigenvalue weighted by Gasteiger charge is -2.05. The molecule has 0 aliphatic heterocycles. The molecule has 4 nitrogen and oxygen atoms in total. The third-order valence-corrected chi connectivity index (χ3v) is 3.19. The first-order chi connectivity index (χ1) is 7.74. The Kier molecular flexibility index (Phi) is 1.89. The van der Waals surface area contributed by atoms with Crippen LogP contribution in [-0.2, 0) is 12.8 Å². The van der Waals surface area contributed by atoms with Gasteiger partial charge >= 0.3 is 5.69 Å². The van der Waals surface area contributed by atoms with Crippen molar-refractivity contribution in [2.24, 2.45) is 0 Å². The average molecular weight is 216 g/mol. The zero-order valence-electron chi connectivity index (χ0n) is 8.66. The van der Waals surface area contributed by atoms with Crippen LogP contribution in [0.15, 0.2) is 29.1 Å². The topological polar surface area (TPSA) is 68.9 Å². The van der Waals surface area contributed by atoms with Gasteiger partial charge in [0.15, 0.2) is 0 Å². The van der Waals surface area contributed by atoms with Gasteiger partial charge in [0.2, 0.25) is 5.88 Å². The third-order valence-electron chi connectivity index (χ3n) is 3.19. The van der Waals surface area contributed by atoms with Crippen LogP contribution in [0.2, 0.25) is 0 Å². The molecule has 3 N–H and O–H groups in total. The summed E-state index contributed by atoms with van der Waals surface area (Å²) in [6.45, 7) is 0. The molecule has 82 valence electrons. The van der Waals surface area contributed by atoms with Crippen LogP contribution in [0.1, 0.15) is 22.7 Å². The minimum Gasteiger partial charge on any atom is -0.493 e. The van der Waals surface area contributed by atoms with E-state index in [1.165, 1.54) is 11.1 Å². The second-order valence-corrected chi connectivity index (χ2v) is 4.22. The van der Waals surface area contributed by atoms with Gasteiger partial charge in [0.05, 0.1) is 5.69 Å². The number of fused-ring (bicyclic) bond motifs is 1. The molecule has 3 rings (SSSR count). The highest BCUT2D eigenvalue weighted by atomic mass is 16.3. The summed E-state index contributed by atoms with van der Waals surface area (Å²) in [4.78, 5) is 16.1. The van der Waals surface area contributed by atoms with Gasteiger partial charge in [-0.25, -0.2) is 4.79 Å². The molecule has 0 fully saturated rings. The Bertz CT molecular complexity index is 558. The molecule has 4 heteroatoms. The molecule has 0 atom stereocenters. The standard InChI is InChI=1S/C12H12N2O2/c15-11-10(13-12(16)14-11)9-5-7-3-1-2-4-8(7)6-9/h1-4,9,15H,5-6H2,(H2,13,14,16). The molecule has 0 spiro atoms. The van der Waals surface area contributed by atoms with Crippen molar-refractivity contribution < 1.29 is 5.11 Å². The molecule has 1 heterocycles. The summed E-state index contributed by atoms with van der Waals surface area (Å²) < 4.78 is 0. The van der Waals surface area contributed by atoms with Gasteiger partial charge in [-0.05, 0) is 24.0 Å². The van der Waals surface area contributed by atoms with E-state index in [9.17, 15) is 9.90 Å². The normalized spacial score (nSPS) is 15.2. The number of hydrogen-bond donors (Lipinski definition) is 3. The van der Waals surface area contributed by atoms with Crippen molar-refractivity contribution in [3.8, 4) is 5.88 Å². The SMILES string of the molecule is O=c1[nH]c(O)c(C2Cc3ccccc3C2)[nH]1. The fraction of sp³-hybridized carbons (Fsp3) is 0.250. The monoisotopic (exact) mass is 216 g/mol. The molecule has 0 saturated heterocycles. The molecule has 1 aromatic carbocycles. The second-order valence-electron chi connectivity index (χ2n) is 4.22. The maximum absolute atomic E-state index is 11.1. The summed E-state index contributed by atoms with van der Waals surface area (Å²) in [6.07, 6.45) is 1.75. The number of aromatic amines is 2. The number of aromatic hydroxyl groups is 1. The van der Waals surface area contributed by atoms with Gasteiger partial charge in [-0.2, -0.15) is 0 Å². The van der Waals surface area contributed by atoms with Crippen LogP contribution in [-0.4, -0.2) is 15.1 Å². The molecule has 0 unspecified atom stereocenters. The molecule has 2 aromatic rings. The van der Waals surface area contributed by atoms with Gasteiger partial charge in [-0.3, -0.25) is 4.98 Å². The predicted molar refractivity (Wildman–Crippen MR) is 59.7 cm³/mol. The van der Waals surface area contributed by atoms with Crippen LogP contribution in [0, 0.1) is 0 Å². The van der Waals surface area contributed by atoms with Crippen LogP contribution in [0.4, 0.5) is 0 Å². The number of benzene rings is 1. The van der Waals surface area contributed by atoms with Gasteiger partial charge in [-0.15, -0.1) is 0 Å². The molecule has 16 heavy (non-hydrogen) atoms. The number of imidazole rings is 1. The van der Waals surface area contributed by atoms with Gasteiger partial charge in [-0.1, -0.05) is 24.3 Å². The van der Waals surface area contributed by atoms with Crippen molar-refractivity contribution in [3.63, 3.8) is 0 Å². The Morgan fingerprint density at radius 3 is 2.25 bits per heavy atom. The van der Waals surface area contributed by atoms with Crippen LogP contribution in [0.5, 0.6) is 5.88 Å². The lowest BCUT2D eigenvalue weighted by Crippen LogP contribution is -2.04. The predicted octanol–water partition coefficient (Wildman–Crippen LogP) is 1.29. The largest absolute Gasteiger partial charge is 0.493 e. The molecule has 0 saturated carbocycles. The molecule has 0 bridgehead atoms. The van der Waals surface area contributed by atoms with E-state index >= 15 is 0 Å². The van der Waals surface area contributed by atoms with Crippen molar-refractivity contribution in [2.75, 3.05) is 0 Å². The molecule has 0 amide bonds. The summed E-state index contributed by atoms with van der Waals surface area (Å²) in [5.74, 6) is 0.152. The first kappa shape index (κ1) is 9.27. The van der Waals surface area contributed by atoms with Gasteiger partial charge < -0.3 is 10.1 Å². The smallest absolute Gasteiger partial charge is 0.325 e. The van der Waals surface area contributed by atoms with Crippen LogP contribution >= 0.6 is 0 Å². The van der Waals surface area contributed by atoms with Crippen LogP contribution in [0.3, 0.4) is 0 Å². The van der Waals surface area contributed by atoms with E-state index in [0.717, 1.165) is 12.8 Å². The van der Waals surface area contributed by atoms with E-state index in [0.29, 0.717) is 5.69 Å². The first-order valence-electron chi connectivity index (χ1n) is 5.32. The molecule has 1 aliphatic carbocycles. The molecule has 0 radical (unpaired) electrons. The van der Waals surface area contributed by atoms with Gasteiger partial charge in [0.1, 0.15) is 0 Å². The second kappa shape index (κ2) is 3.27. The van der Waals surface area contributed by atoms with E-state index in [1.54, 1.807) is 0 Å². The summed E-state index contributed by atoms with van der Waals surface area (Å²) in [5.41, 5.74) is 2.88. The number of hydrogen-bond acceptors (Lipinski definition) is 2. The Labute approximate surface area is 92.0 Å². The van der Waals surface area contributed by atoms with Crippen LogP contribution in [0.25, 0.3) is 0 Å². The Morgan fingerprint density at radius 1 is 1.12 bits per heavy atom. The number of aromatic nitrogens is 2. The Hall–Kier alpha value is -1.97. The molecule has 1 aromatic heterocycles. The van der Waals surface area contributed by atoms with Crippen LogP contribution < -0.4 is 5.69 Å². The first-order valence-corrected chi connectivity index (χ1v) is 5.32. The highest BCUT2D eigenvalue weighted by Crippen LogP contribution is 2.35. The zero-order valence-corrected chi connectivity index (χ0v) is 8.66. The minimum atomic E-state index is -0.344. The molecule has 1 aliphatic rings. The average Bonchev–Trinajstić information content (AvgIpc) is 2.81. The number of H-pyrrole nitrogens is 2. The lowest BCUT2D eigenvalue weighted by atomic mass is 10.0. The fourth-order valence-corrected chi connectivity index (χ4v) is 2.45. The van der Waals surface area contributed by atoms with E-state index < -0.39 is 0 Å². The van der Waals surface area contributed by atoms with Crippen molar-refractivity contribution in [3.05, 3.63) is 51.6 Å². The fourth-order valence-electron chi connectivity index (χ4n) is 2.45. The highest BCUT2D eigenvalue weighted by molar-refractivity contribution is 5.37. The van der Waals surface area contributed by atoms with E-state index in [2.05, 4.69) is 22.1 Å². The molecular weight excluding hydrogens is 204 g/mol. The quantitative estimate of drug-likeness (QED) is 0.672. The maximum atomic E-state index is 11.1. The summed E-state index contributed by atoms with van der Waals surface area (Å²) in [7, 11) is 0. The summed E-state index contributed by atoms with van der Waals surface area (Å²) in [5, 5.41) is 9.58. The van der Waals surface area contributed by atoms with Gasteiger partial charge in [0.25, 0.3) is 0 Å². The maximum Gasteiger partial charge on any atom is 0.325 e.